The lowest BCUT2D eigenvalue weighted by molar-refractivity contribution is 0.131. The molecular formula is C12H18FNO3. The van der Waals surface area contributed by atoms with Gasteiger partial charge in [0, 0.05) is 29.7 Å². The molecule has 0 bridgehead atoms. The maximum atomic E-state index is 13.3. The molecule has 1 aromatic rings. The molecule has 0 spiro atoms. The molecule has 4 nitrogen and oxygen atoms in total. The van der Waals surface area contributed by atoms with Crippen LogP contribution in [0.4, 0.5) is 4.39 Å². The van der Waals surface area contributed by atoms with Crippen molar-refractivity contribution in [3.05, 3.63) is 23.5 Å². The number of aliphatic hydroxyl groups is 1. The smallest absolute Gasteiger partial charge is 0.163 e. The van der Waals surface area contributed by atoms with Crippen LogP contribution in [-0.4, -0.2) is 23.9 Å². The minimum Gasteiger partial charge on any atom is -0.504 e. The van der Waals surface area contributed by atoms with Crippen LogP contribution in [0.1, 0.15) is 25.5 Å². The van der Waals surface area contributed by atoms with E-state index in [2.05, 4.69) is 0 Å². The topological polar surface area (TPSA) is 75.7 Å². The molecule has 0 aliphatic rings. The molecular weight excluding hydrogens is 225 g/mol. The van der Waals surface area contributed by atoms with E-state index in [-0.39, 0.29) is 23.7 Å². The number of hydrogen-bond donors (Lipinski definition) is 3. The molecule has 0 aromatic heterocycles. The van der Waals surface area contributed by atoms with Crippen LogP contribution >= 0.6 is 0 Å². The first-order chi connectivity index (χ1) is 7.83. The summed E-state index contributed by atoms with van der Waals surface area (Å²) in [5.74, 6) is -0.703. The molecule has 0 unspecified atom stereocenters. The summed E-state index contributed by atoms with van der Waals surface area (Å²) in [4.78, 5) is 0. The zero-order valence-electron chi connectivity index (χ0n) is 10.2. The van der Waals surface area contributed by atoms with Crippen LogP contribution < -0.4 is 10.5 Å². The van der Waals surface area contributed by atoms with Gasteiger partial charge in [0.25, 0.3) is 0 Å². The summed E-state index contributed by atoms with van der Waals surface area (Å²) >= 11 is 0. The number of benzene rings is 1. The molecule has 96 valence electrons. The van der Waals surface area contributed by atoms with Crippen molar-refractivity contribution in [2.45, 2.75) is 19.9 Å². The standard InChI is InChI=1S/C12H18FNO3/c1-12(2,6-15)11(14)8-4-7(13)5-9(17-3)10(8)16/h4-5,11,15-16H,6,14H2,1-3H3/t11-/m0/s1. The fourth-order valence-electron chi connectivity index (χ4n) is 1.51. The fourth-order valence-corrected chi connectivity index (χ4v) is 1.51. The highest BCUT2D eigenvalue weighted by molar-refractivity contribution is 5.47. The summed E-state index contributed by atoms with van der Waals surface area (Å²) in [5, 5.41) is 19.1. The number of aromatic hydroxyl groups is 1. The number of phenolic OH excluding ortho intramolecular Hbond substituents is 1. The minimum atomic E-state index is -0.697. The lowest BCUT2D eigenvalue weighted by atomic mass is 9.81. The van der Waals surface area contributed by atoms with E-state index in [1.54, 1.807) is 13.8 Å². The molecule has 1 atom stereocenters. The quantitative estimate of drug-likeness (QED) is 0.750. The Hall–Kier alpha value is -1.33. The van der Waals surface area contributed by atoms with Gasteiger partial charge in [0.2, 0.25) is 0 Å². The van der Waals surface area contributed by atoms with Crippen molar-refractivity contribution >= 4 is 0 Å². The summed E-state index contributed by atoms with van der Waals surface area (Å²) in [6, 6.07) is 1.54. The van der Waals surface area contributed by atoms with E-state index in [0.717, 1.165) is 12.1 Å². The molecule has 5 heteroatoms. The predicted octanol–water partition coefficient (Wildman–Crippen LogP) is 1.56. The number of rotatable bonds is 4. The second-order valence-electron chi connectivity index (χ2n) is 4.67. The maximum absolute atomic E-state index is 13.3. The van der Waals surface area contributed by atoms with Gasteiger partial charge in [-0.05, 0) is 6.07 Å². The van der Waals surface area contributed by atoms with Gasteiger partial charge in [0.05, 0.1) is 7.11 Å². The number of hydrogen-bond acceptors (Lipinski definition) is 4. The summed E-state index contributed by atoms with van der Waals surface area (Å²) in [6.45, 7) is 3.29. The van der Waals surface area contributed by atoms with Crippen LogP contribution in [0.15, 0.2) is 12.1 Å². The van der Waals surface area contributed by atoms with Crippen LogP contribution in [0.3, 0.4) is 0 Å². The third kappa shape index (κ3) is 2.68. The van der Waals surface area contributed by atoms with E-state index in [1.807, 2.05) is 0 Å². The van der Waals surface area contributed by atoms with E-state index >= 15 is 0 Å². The van der Waals surface area contributed by atoms with E-state index < -0.39 is 17.3 Å². The van der Waals surface area contributed by atoms with E-state index in [9.17, 15) is 14.6 Å². The van der Waals surface area contributed by atoms with Crippen molar-refractivity contribution in [3.63, 3.8) is 0 Å². The van der Waals surface area contributed by atoms with E-state index in [0.29, 0.717) is 0 Å². The van der Waals surface area contributed by atoms with Crippen molar-refractivity contribution < 1.29 is 19.3 Å². The second-order valence-corrected chi connectivity index (χ2v) is 4.67. The Morgan fingerprint density at radius 2 is 2.06 bits per heavy atom. The predicted molar refractivity (Wildman–Crippen MR) is 62.4 cm³/mol. The second kappa shape index (κ2) is 4.89. The van der Waals surface area contributed by atoms with Crippen molar-refractivity contribution in [2.75, 3.05) is 13.7 Å². The number of nitrogens with two attached hydrogens (primary N) is 1. The van der Waals surface area contributed by atoms with Gasteiger partial charge >= 0.3 is 0 Å². The van der Waals surface area contributed by atoms with Crippen LogP contribution in [0.5, 0.6) is 11.5 Å². The zero-order valence-corrected chi connectivity index (χ0v) is 10.2. The number of aliphatic hydroxyl groups excluding tert-OH is 1. The maximum Gasteiger partial charge on any atom is 0.163 e. The number of methoxy groups -OCH3 is 1. The van der Waals surface area contributed by atoms with Crippen molar-refractivity contribution in [3.8, 4) is 11.5 Å². The molecule has 0 amide bonds. The van der Waals surface area contributed by atoms with Crippen molar-refractivity contribution in [1.29, 1.82) is 0 Å². The van der Waals surface area contributed by atoms with E-state index in [4.69, 9.17) is 10.5 Å². The van der Waals surface area contributed by atoms with Gasteiger partial charge in [-0.15, -0.1) is 0 Å². The van der Waals surface area contributed by atoms with Crippen molar-refractivity contribution in [2.24, 2.45) is 11.1 Å². The van der Waals surface area contributed by atoms with Crippen LogP contribution in [0.2, 0.25) is 0 Å². The Morgan fingerprint density at radius 1 is 1.47 bits per heavy atom. The van der Waals surface area contributed by atoms with Gasteiger partial charge in [-0.25, -0.2) is 4.39 Å². The Kier molecular flexibility index (Phi) is 3.95. The Bertz CT molecular complexity index is 407. The first-order valence-corrected chi connectivity index (χ1v) is 5.26. The van der Waals surface area contributed by atoms with Crippen LogP contribution in [0, 0.1) is 11.2 Å². The molecule has 0 saturated heterocycles. The minimum absolute atomic E-state index is 0.0317. The summed E-state index contributed by atoms with van der Waals surface area (Å²) in [7, 11) is 1.33. The van der Waals surface area contributed by atoms with Gasteiger partial charge in [-0.1, -0.05) is 13.8 Å². The van der Waals surface area contributed by atoms with Gasteiger partial charge in [0.15, 0.2) is 11.5 Å². The first kappa shape index (κ1) is 13.7. The Morgan fingerprint density at radius 3 is 2.53 bits per heavy atom. The number of ether oxygens (including phenoxy) is 1. The normalized spacial score (nSPS) is 13.5. The van der Waals surface area contributed by atoms with Crippen LogP contribution in [-0.2, 0) is 0 Å². The Balaban J connectivity index is 3.26. The lowest BCUT2D eigenvalue weighted by Crippen LogP contribution is -2.32. The van der Waals surface area contributed by atoms with Gasteiger partial charge in [-0.3, -0.25) is 0 Å². The molecule has 0 radical (unpaired) electrons. The van der Waals surface area contributed by atoms with Gasteiger partial charge in [0.1, 0.15) is 5.82 Å². The summed E-state index contributed by atoms with van der Waals surface area (Å²) in [6.07, 6.45) is 0. The molecule has 0 heterocycles. The highest BCUT2D eigenvalue weighted by atomic mass is 19.1. The largest absolute Gasteiger partial charge is 0.504 e. The lowest BCUT2D eigenvalue weighted by Gasteiger charge is -2.30. The molecule has 17 heavy (non-hydrogen) atoms. The molecule has 4 N–H and O–H groups in total. The van der Waals surface area contributed by atoms with Gasteiger partial charge < -0.3 is 20.7 Å². The molecule has 0 fully saturated rings. The molecule has 0 aliphatic carbocycles. The molecule has 0 saturated carbocycles. The van der Waals surface area contributed by atoms with Gasteiger partial charge in [-0.2, -0.15) is 0 Å². The number of halogens is 1. The molecule has 1 rings (SSSR count). The average Bonchev–Trinajstić information content (AvgIpc) is 2.30. The molecule has 1 aromatic carbocycles. The van der Waals surface area contributed by atoms with Crippen LogP contribution in [0.25, 0.3) is 0 Å². The highest BCUT2D eigenvalue weighted by Gasteiger charge is 2.30. The summed E-state index contributed by atoms with van der Waals surface area (Å²) in [5.41, 5.74) is 5.49. The SMILES string of the molecule is COc1cc(F)cc([C@H](N)C(C)(C)CO)c1O. The monoisotopic (exact) mass is 243 g/mol. The first-order valence-electron chi connectivity index (χ1n) is 5.26. The van der Waals surface area contributed by atoms with E-state index in [1.165, 1.54) is 7.11 Å². The number of phenols is 1. The third-order valence-corrected chi connectivity index (χ3v) is 2.87. The average molecular weight is 243 g/mol. The van der Waals surface area contributed by atoms with Crippen molar-refractivity contribution in [1.82, 2.24) is 0 Å². The Labute approximate surface area is 99.8 Å². The molecule has 0 aliphatic heterocycles. The third-order valence-electron chi connectivity index (χ3n) is 2.87. The fraction of sp³-hybridized carbons (Fsp3) is 0.500. The highest BCUT2D eigenvalue weighted by Crippen LogP contribution is 2.40. The zero-order chi connectivity index (χ0) is 13.2. The summed E-state index contributed by atoms with van der Waals surface area (Å²) < 4.78 is 18.2.